The minimum atomic E-state index is -4.71. The average Bonchev–Trinajstić information content (AvgIpc) is 3.84. The zero-order valence-electron chi connectivity index (χ0n) is 41.4. The van der Waals surface area contributed by atoms with E-state index in [2.05, 4.69) is 60.9 Å². The Morgan fingerprint density at radius 2 is 1.74 bits per heavy atom. The number of hydrogen-bond acceptors (Lipinski definition) is 15. The van der Waals surface area contributed by atoms with Crippen molar-refractivity contribution in [1.29, 1.82) is 0 Å². The minimum absolute atomic E-state index is 0.0160. The molecule has 5 aromatic rings. The van der Waals surface area contributed by atoms with Crippen LogP contribution in [0.4, 0.5) is 28.4 Å². The Hall–Kier alpha value is -5.99. The second-order valence-electron chi connectivity index (χ2n) is 22.0. The number of aromatic amines is 1. The fraction of sp³-hybridized carbons (Fsp3) is 0.519. The highest BCUT2D eigenvalue weighted by Crippen LogP contribution is 2.54. The Morgan fingerprint density at radius 3 is 2.53 bits per heavy atom. The number of morpholine rings is 1. The first-order chi connectivity index (χ1) is 35.2. The van der Waals surface area contributed by atoms with E-state index in [4.69, 9.17) is 23.9 Å². The number of carbonyl (C=O) groups is 1. The predicted octanol–water partition coefficient (Wildman–Crippen LogP) is 7.91. The Balaban J connectivity index is 0.825. The maximum Gasteiger partial charge on any atom is 0.297 e. The van der Waals surface area contributed by atoms with Gasteiger partial charge in [0.25, 0.3) is 21.6 Å². The van der Waals surface area contributed by atoms with Crippen molar-refractivity contribution in [2.75, 3.05) is 67.8 Å². The number of aromatic nitrogens is 2. The van der Waals surface area contributed by atoms with Crippen molar-refractivity contribution in [3.05, 3.63) is 99.7 Å². The first kappa shape index (κ1) is 48.0. The maximum atomic E-state index is 14.8. The summed E-state index contributed by atoms with van der Waals surface area (Å²) in [6.07, 6.45) is 9.95. The molecule has 2 aromatic heterocycles. The van der Waals surface area contributed by atoms with Crippen molar-refractivity contribution in [3.63, 3.8) is 0 Å². The highest BCUT2D eigenvalue weighted by atomic mass is 32.2. The number of amides is 1. The summed E-state index contributed by atoms with van der Waals surface area (Å²) >= 11 is 0. The van der Waals surface area contributed by atoms with Crippen molar-refractivity contribution < 1.29 is 42.2 Å². The molecule has 7 aliphatic rings. The van der Waals surface area contributed by atoms with Gasteiger partial charge in [0.15, 0.2) is 11.4 Å². The van der Waals surface area contributed by atoms with E-state index in [1.54, 1.807) is 12.3 Å². The normalized spacial score (nSPS) is 27.1. The van der Waals surface area contributed by atoms with Crippen LogP contribution in [0, 0.1) is 28.4 Å². The lowest BCUT2D eigenvalue weighted by atomic mass is 9.59. The van der Waals surface area contributed by atoms with Gasteiger partial charge in [0.2, 0.25) is 5.88 Å². The lowest BCUT2D eigenvalue weighted by Crippen LogP contribution is -2.58. The first-order valence-electron chi connectivity index (χ1n) is 26.0. The number of ether oxygens (including phenoxy) is 4. The fourth-order valence-electron chi connectivity index (χ4n) is 13.0. The number of carbonyl (C=O) groups excluding carboxylic acids is 1. The van der Waals surface area contributed by atoms with E-state index in [1.165, 1.54) is 17.2 Å². The summed E-state index contributed by atoms with van der Waals surface area (Å²) in [6, 6.07) is 20.5. The van der Waals surface area contributed by atoms with Gasteiger partial charge in [-0.1, -0.05) is 24.3 Å². The molecule has 4 N–H and O–H groups in total. The zero-order chi connectivity index (χ0) is 50.2. The van der Waals surface area contributed by atoms with Crippen molar-refractivity contribution in [3.8, 4) is 11.6 Å². The first-order valence-corrected chi connectivity index (χ1v) is 27.5. The monoisotopic (exact) mass is 1020 g/mol. The van der Waals surface area contributed by atoms with Gasteiger partial charge in [-0.15, -0.1) is 0 Å². The highest BCUT2D eigenvalue weighted by molar-refractivity contribution is 7.90. The lowest BCUT2D eigenvalue weighted by Gasteiger charge is -2.57. The number of piperidine rings is 1. The van der Waals surface area contributed by atoms with Gasteiger partial charge < -0.3 is 44.2 Å². The number of aryl methyl sites for hydroxylation is 1. The van der Waals surface area contributed by atoms with E-state index in [9.17, 15) is 28.4 Å². The number of benzene rings is 3. The van der Waals surface area contributed by atoms with Crippen LogP contribution in [0.25, 0.3) is 11.0 Å². The molecule has 4 atom stereocenters. The van der Waals surface area contributed by atoms with Gasteiger partial charge in [-0.2, -0.15) is 4.98 Å². The molecule has 3 saturated heterocycles. The molecule has 12 rings (SSSR count). The van der Waals surface area contributed by atoms with Gasteiger partial charge in [0.05, 0.1) is 64.6 Å². The number of nitrogens with zero attached hydrogens (tertiary/aromatic N) is 5. The molecule has 5 fully saturated rings. The summed E-state index contributed by atoms with van der Waals surface area (Å²) in [4.78, 5) is 41.4. The molecule has 7 heterocycles. The second kappa shape index (κ2) is 18.7. The molecule has 19 heteroatoms. The highest BCUT2D eigenvalue weighted by Gasteiger charge is 2.50. The third-order valence-electron chi connectivity index (χ3n) is 17.2. The molecule has 386 valence electrons. The molecule has 1 spiro atoms. The molecule has 2 saturated carbocycles. The molecule has 0 radical (unpaired) electrons. The average molecular weight is 1020 g/mol. The summed E-state index contributed by atoms with van der Waals surface area (Å²) in [5.74, 6) is -0.219. The summed E-state index contributed by atoms with van der Waals surface area (Å²) in [5, 5.41) is 27.1. The molecule has 1 amide bonds. The van der Waals surface area contributed by atoms with Crippen molar-refractivity contribution in [1.82, 2.24) is 19.6 Å². The third kappa shape index (κ3) is 9.14. The van der Waals surface area contributed by atoms with Gasteiger partial charge in [-0.3, -0.25) is 19.8 Å². The Kier molecular flexibility index (Phi) is 12.3. The summed E-state index contributed by atoms with van der Waals surface area (Å²) in [5.41, 5.74) is 4.58. The largest absolute Gasteiger partial charge is 0.489 e. The Morgan fingerprint density at radius 1 is 0.945 bits per heavy atom. The van der Waals surface area contributed by atoms with Crippen LogP contribution in [-0.4, -0.2) is 122 Å². The van der Waals surface area contributed by atoms with E-state index in [1.807, 2.05) is 31.2 Å². The third-order valence-corrected chi connectivity index (χ3v) is 18.5. The molecule has 5 aliphatic heterocycles. The van der Waals surface area contributed by atoms with E-state index in [0.717, 1.165) is 81.9 Å². The zero-order valence-corrected chi connectivity index (χ0v) is 42.2. The van der Waals surface area contributed by atoms with Crippen molar-refractivity contribution in [2.45, 2.75) is 119 Å². The van der Waals surface area contributed by atoms with Crippen molar-refractivity contribution in [2.24, 2.45) is 11.3 Å². The quantitative estimate of drug-likeness (QED) is 0.0773. The number of nitro benzene ring substituents is 1. The lowest BCUT2D eigenvalue weighted by molar-refractivity contribution is -0.384. The standard InChI is InChI=1S/C54H64N8O10S/c1-33-5-3-4-6-40(33)46-31-70-22-20-60(46)38-28-54(29-38)15-18-59(19-16-54)37-7-8-41(43(25-37)61-42-12-21-69-32-48(42)72-52-45(61)24-35-11-17-55-50(35)57-52)51(63)58-73(67,68)39-26-44(62(65)66)49-47(27-39)71-30-36(56-49)23-34-9-13-53(2,64)14-10-34/h3-8,11,17,24-27,34,36,38,42,46,48,56,64H,9-10,12-16,18-23,28-32H2,1-2H3,(H,55,57)(H,58,63)/t34?,36-,42+,46+,48+,53?/m1/s1. The second-order valence-corrected chi connectivity index (χ2v) is 23.6. The van der Waals surface area contributed by atoms with E-state index in [0.29, 0.717) is 80.4 Å². The van der Waals surface area contributed by atoms with Crippen LogP contribution >= 0.6 is 0 Å². The van der Waals surface area contributed by atoms with Gasteiger partial charge in [0.1, 0.15) is 24.0 Å². The molecule has 73 heavy (non-hydrogen) atoms. The van der Waals surface area contributed by atoms with Crippen LogP contribution in [0.2, 0.25) is 0 Å². The fourth-order valence-corrected chi connectivity index (χ4v) is 14.0. The van der Waals surface area contributed by atoms with Gasteiger partial charge in [0, 0.05) is 61.7 Å². The summed E-state index contributed by atoms with van der Waals surface area (Å²) < 4.78 is 55.6. The van der Waals surface area contributed by atoms with Crippen LogP contribution in [0.3, 0.4) is 0 Å². The smallest absolute Gasteiger partial charge is 0.297 e. The molecule has 0 unspecified atom stereocenters. The predicted molar refractivity (Wildman–Crippen MR) is 275 cm³/mol. The number of sulfonamides is 1. The van der Waals surface area contributed by atoms with Crippen LogP contribution in [-0.2, 0) is 19.5 Å². The van der Waals surface area contributed by atoms with Crippen LogP contribution in [0.15, 0.2) is 77.8 Å². The van der Waals surface area contributed by atoms with E-state index < -0.39 is 43.1 Å². The topological polar surface area (TPSA) is 214 Å². The number of rotatable bonds is 10. The molecular formula is C54H64N8O10S. The number of aliphatic hydroxyl groups is 1. The summed E-state index contributed by atoms with van der Waals surface area (Å²) in [6.45, 7) is 8.96. The van der Waals surface area contributed by atoms with Gasteiger partial charge >= 0.3 is 0 Å². The van der Waals surface area contributed by atoms with Gasteiger partial charge in [-0.05, 0) is 131 Å². The van der Waals surface area contributed by atoms with Gasteiger partial charge in [-0.25, -0.2) is 13.1 Å². The summed E-state index contributed by atoms with van der Waals surface area (Å²) in [7, 11) is -4.71. The van der Waals surface area contributed by atoms with E-state index in [-0.39, 0.29) is 47.1 Å². The molecule has 18 nitrogen and oxygen atoms in total. The SMILES string of the molecule is Cc1ccccc1[C@@H]1COCCN1C1CC2(CCN(c3ccc(C(=O)NS(=O)(=O)c4cc5c(c([N+](=O)[O-])c4)N[C@H](CC4CCC(C)(O)CC4)CO5)c(N4c5cc6cc[nH]c6nc5O[C@H]5COCC[C@@H]54)c3)CC2)C1. The maximum absolute atomic E-state index is 14.8. The number of nitrogens with one attached hydrogen (secondary N) is 3. The molecular weight excluding hydrogens is 953 g/mol. The van der Waals surface area contributed by atoms with Crippen LogP contribution < -0.4 is 29.3 Å². The molecule has 2 aliphatic carbocycles. The minimum Gasteiger partial charge on any atom is -0.489 e. The number of fused-ring (bicyclic) bond motifs is 4. The van der Waals surface area contributed by atoms with Crippen molar-refractivity contribution >= 4 is 55.4 Å². The number of anilines is 4. The molecule has 0 bridgehead atoms. The van der Waals surface area contributed by atoms with E-state index >= 15 is 0 Å². The van der Waals surface area contributed by atoms with Crippen LogP contribution in [0.1, 0.15) is 98.7 Å². The number of H-pyrrole nitrogens is 1. The Bertz CT molecular complexity index is 3050. The number of nitro groups is 1. The molecule has 3 aromatic carbocycles. The number of pyridine rings is 1. The van der Waals surface area contributed by atoms with Crippen LogP contribution in [0.5, 0.6) is 11.6 Å². The Labute approximate surface area is 424 Å². The number of hydrogen-bond donors (Lipinski definition) is 4.